The lowest BCUT2D eigenvalue weighted by molar-refractivity contribution is -0.141. The summed E-state index contributed by atoms with van der Waals surface area (Å²) in [4.78, 5) is 28.9. The first kappa shape index (κ1) is 32.3. The summed E-state index contributed by atoms with van der Waals surface area (Å²) < 4.78 is 41.3. The molecule has 0 unspecified atom stereocenters. The number of sulfonamides is 1. The largest absolute Gasteiger partial charge is 0.354 e. The Labute approximate surface area is 250 Å². The molecule has 0 heterocycles. The number of amides is 2. The second-order valence-electron chi connectivity index (χ2n) is 10.4. The van der Waals surface area contributed by atoms with E-state index >= 15 is 0 Å². The van der Waals surface area contributed by atoms with Gasteiger partial charge in [0.05, 0.1) is 11.9 Å². The molecule has 7 nitrogen and oxygen atoms in total. The van der Waals surface area contributed by atoms with Crippen molar-refractivity contribution in [2.24, 2.45) is 5.92 Å². The van der Waals surface area contributed by atoms with Gasteiger partial charge in [0.2, 0.25) is 21.8 Å². The molecule has 3 rings (SSSR count). The van der Waals surface area contributed by atoms with Crippen LogP contribution in [0.5, 0.6) is 0 Å². The van der Waals surface area contributed by atoms with Crippen molar-refractivity contribution >= 4 is 43.5 Å². The highest BCUT2D eigenvalue weighted by molar-refractivity contribution is 9.10. The van der Waals surface area contributed by atoms with E-state index in [-0.39, 0.29) is 49.4 Å². The Morgan fingerprint density at radius 2 is 1.56 bits per heavy atom. The van der Waals surface area contributed by atoms with Crippen molar-refractivity contribution in [3.8, 4) is 0 Å². The lowest BCUT2D eigenvalue weighted by Gasteiger charge is -2.32. The smallest absolute Gasteiger partial charge is 0.243 e. The van der Waals surface area contributed by atoms with Crippen molar-refractivity contribution in [3.05, 3.63) is 100 Å². The monoisotopic (exact) mass is 645 g/mol. The summed E-state index contributed by atoms with van der Waals surface area (Å²) in [7, 11) is -3.80. The molecule has 0 fully saturated rings. The third kappa shape index (κ3) is 9.97. The Kier molecular flexibility index (Phi) is 11.9. The van der Waals surface area contributed by atoms with E-state index in [0.29, 0.717) is 13.0 Å². The van der Waals surface area contributed by atoms with Crippen LogP contribution in [0.4, 0.5) is 10.1 Å². The molecule has 1 N–H and O–H groups in total. The second kappa shape index (κ2) is 15.1. The molecule has 41 heavy (non-hydrogen) atoms. The van der Waals surface area contributed by atoms with Crippen molar-refractivity contribution in [2.75, 3.05) is 23.7 Å². The average Bonchev–Trinajstić information content (AvgIpc) is 2.93. The number of para-hydroxylation sites is 1. The molecule has 0 spiro atoms. The van der Waals surface area contributed by atoms with Gasteiger partial charge in [-0.1, -0.05) is 84.4 Å². The van der Waals surface area contributed by atoms with Crippen LogP contribution in [-0.4, -0.2) is 50.5 Å². The molecule has 10 heteroatoms. The van der Waals surface area contributed by atoms with Crippen LogP contribution < -0.4 is 9.62 Å². The van der Waals surface area contributed by atoms with E-state index in [1.54, 1.807) is 11.0 Å². The topological polar surface area (TPSA) is 86.8 Å². The summed E-state index contributed by atoms with van der Waals surface area (Å²) in [6.07, 6.45) is 1.44. The standard InChI is InChI=1S/C31H37BrFN3O4S/c1-23(2)21-34-31(38)29(20-24-10-5-4-6-11-24)35(22-25-15-17-26(32)18-16-25)30(37)14-9-19-36(41(3,39)40)28-13-8-7-12-27(28)33/h4-8,10-13,15-18,23,29H,9,14,19-22H2,1-3H3,(H,34,38)/t29-/m0/s1. The number of anilines is 1. The fraction of sp³-hybridized carbons (Fsp3) is 0.355. The summed E-state index contributed by atoms with van der Waals surface area (Å²) >= 11 is 3.43. The lowest BCUT2D eigenvalue weighted by Crippen LogP contribution is -2.51. The maximum atomic E-state index is 14.5. The molecule has 3 aromatic rings. The molecule has 0 aliphatic heterocycles. The van der Waals surface area contributed by atoms with Gasteiger partial charge < -0.3 is 10.2 Å². The minimum atomic E-state index is -3.80. The molecule has 3 aromatic carbocycles. The summed E-state index contributed by atoms with van der Waals surface area (Å²) in [6, 6.07) is 21.9. The highest BCUT2D eigenvalue weighted by atomic mass is 79.9. The van der Waals surface area contributed by atoms with E-state index in [1.165, 1.54) is 18.2 Å². The zero-order valence-corrected chi connectivity index (χ0v) is 26.0. The molecule has 0 bridgehead atoms. The quantitative estimate of drug-likeness (QED) is 0.249. The lowest BCUT2D eigenvalue weighted by atomic mass is 10.0. The van der Waals surface area contributed by atoms with E-state index in [4.69, 9.17) is 0 Å². The number of hydrogen-bond acceptors (Lipinski definition) is 4. The van der Waals surface area contributed by atoms with E-state index < -0.39 is 21.9 Å². The number of halogens is 2. The molecule has 0 aromatic heterocycles. The molecule has 0 aliphatic rings. The fourth-order valence-corrected chi connectivity index (χ4v) is 5.63. The van der Waals surface area contributed by atoms with Crippen LogP contribution in [0.1, 0.15) is 37.8 Å². The van der Waals surface area contributed by atoms with Gasteiger partial charge in [0.1, 0.15) is 11.9 Å². The van der Waals surface area contributed by atoms with Gasteiger partial charge in [0, 0.05) is 36.9 Å². The van der Waals surface area contributed by atoms with Gasteiger partial charge in [-0.2, -0.15) is 0 Å². The van der Waals surface area contributed by atoms with Gasteiger partial charge in [0.15, 0.2) is 0 Å². The number of carbonyl (C=O) groups is 2. The highest BCUT2D eigenvalue weighted by Gasteiger charge is 2.30. The molecular weight excluding hydrogens is 609 g/mol. The van der Waals surface area contributed by atoms with Crippen LogP contribution in [0.25, 0.3) is 0 Å². The average molecular weight is 647 g/mol. The van der Waals surface area contributed by atoms with Crippen molar-refractivity contribution in [1.82, 2.24) is 10.2 Å². The predicted molar refractivity (Wildman–Crippen MR) is 164 cm³/mol. The first-order chi connectivity index (χ1) is 19.5. The summed E-state index contributed by atoms with van der Waals surface area (Å²) in [5.41, 5.74) is 1.69. The molecule has 0 saturated heterocycles. The molecule has 2 amide bonds. The van der Waals surface area contributed by atoms with Gasteiger partial charge in [0.25, 0.3) is 0 Å². The van der Waals surface area contributed by atoms with Gasteiger partial charge >= 0.3 is 0 Å². The van der Waals surface area contributed by atoms with E-state index in [9.17, 15) is 22.4 Å². The van der Waals surface area contributed by atoms with Gasteiger partial charge in [-0.3, -0.25) is 13.9 Å². The van der Waals surface area contributed by atoms with Crippen molar-refractivity contribution in [1.29, 1.82) is 0 Å². The minimum absolute atomic E-state index is 0.0280. The molecule has 1 atom stereocenters. The van der Waals surface area contributed by atoms with Gasteiger partial charge in [-0.25, -0.2) is 12.8 Å². The Balaban J connectivity index is 1.88. The molecular formula is C31H37BrFN3O4S. The Morgan fingerprint density at radius 3 is 2.17 bits per heavy atom. The third-order valence-corrected chi connectivity index (χ3v) is 8.20. The number of nitrogens with one attached hydrogen (secondary N) is 1. The van der Waals surface area contributed by atoms with Crippen LogP contribution in [0, 0.1) is 11.7 Å². The number of carbonyl (C=O) groups excluding carboxylic acids is 2. The van der Waals surface area contributed by atoms with E-state index in [2.05, 4.69) is 21.2 Å². The van der Waals surface area contributed by atoms with Crippen LogP contribution >= 0.6 is 15.9 Å². The zero-order chi connectivity index (χ0) is 30.0. The molecule has 0 radical (unpaired) electrons. The first-order valence-corrected chi connectivity index (χ1v) is 16.2. The summed E-state index contributed by atoms with van der Waals surface area (Å²) in [5, 5.41) is 2.99. The number of benzene rings is 3. The molecule has 220 valence electrons. The van der Waals surface area contributed by atoms with Gasteiger partial charge in [-0.15, -0.1) is 0 Å². The Morgan fingerprint density at radius 1 is 0.927 bits per heavy atom. The Bertz CT molecular complexity index is 1400. The van der Waals surface area contributed by atoms with Crippen molar-refractivity contribution < 1.29 is 22.4 Å². The Hall–Kier alpha value is -3.24. The van der Waals surface area contributed by atoms with E-state index in [1.807, 2.05) is 68.4 Å². The van der Waals surface area contributed by atoms with Crippen molar-refractivity contribution in [2.45, 2.75) is 45.7 Å². The molecule has 0 aliphatic carbocycles. The second-order valence-corrected chi connectivity index (χ2v) is 13.2. The minimum Gasteiger partial charge on any atom is -0.354 e. The van der Waals surface area contributed by atoms with Crippen LogP contribution in [0.3, 0.4) is 0 Å². The highest BCUT2D eigenvalue weighted by Crippen LogP contribution is 2.23. The van der Waals surface area contributed by atoms with E-state index in [0.717, 1.165) is 26.2 Å². The van der Waals surface area contributed by atoms with Crippen LogP contribution in [-0.2, 0) is 32.6 Å². The normalized spacial score (nSPS) is 12.1. The maximum absolute atomic E-state index is 14.5. The number of rotatable bonds is 14. The number of hydrogen-bond donors (Lipinski definition) is 1. The fourth-order valence-electron chi connectivity index (χ4n) is 4.40. The summed E-state index contributed by atoms with van der Waals surface area (Å²) in [6.45, 7) is 4.58. The molecule has 0 saturated carbocycles. The predicted octanol–water partition coefficient (Wildman–Crippen LogP) is 5.55. The van der Waals surface area contributed by atoms with Crippen molar-refractivity contribution in [3.63, 3.8) is 0 Å². The van der Waals surface area contributed by atoms with Crippen LogP contribution in [0.15, 0.2) is 83.3 Å². The zero-order valence-electron chi connectivity index (χ0n) is 23.6. The first-order valence-electron chi connectivity index (χ1n) is 13.5. The van der Waals surface area contributed by atoms with Gasteiger partial charge in [-0.05, 0) is 47.7 Å². The number of nitrogens with zero attached hydrogens (tertiary/aromatic N) is 2. The maximum Gasteiger partial charge on any atom is 0.243 e. The SMILES string of the molecule is CC(C)CNC(=O)[C@H](Cc1ccccc1)N(Cc1ccc(Br)cc1)C(=O)CCCN(c1ccccc1F)S(C)(=O)=O. The van der Waals surface area contributed by atoms with Crippen LogP contribution in [0.2, 0.25) is 0 Å². The third-order valence-electron chi connectivity index (χ3n) is 6.50. The summed E-state index contributed by atoms with van der Waals surface area (Å²) in [5.74, 6) is -0.981.